The molecule has 1 N–H and O–H groups in total. The van der Waals surface area contributed by atoms with Crippen LogP contribution in [0, 0.1) is 22.2 Å². The summed E-state index contributed by atoms with van der Waals surface area (Å²) in [7, 11) is 0. The second kappa shape index (κ2) is 6.27. The monoisotopic (exact) mass is 412 g/mol. The van der Waals surface area contributed by atoms with E-state index in [0.717, 1.165) is 29.5 Å². The lowest BCUT2D eigenvalue weighted by Gasteiger charge is -2.64. The third kappa shape index (κ3) is 3.16. The van der Waals surface area contributed by atoms with Crippen molar-refractivity contribution < 1.29 is 14.3 Å². The van der Waals surface area contributed by atoms with Crippen molar-refractivity contribution in [2.45, 2.75) is 59.3 Å². The Bertz CT molecular complexity index is 995. The summed E-state index contributed by atoms with van der Waals surface area (Å²) in [5, 5.41) is 3.77. The zero-order valence-corrected chi connectivity index (χ0v) is 18.2. The average molecular weight is 413 g/mol. The van der Waals surface area contributed by atoms with Gasteiger partial charge in [-0.2, -0.15) is 0 Å². The molecule has 5 nitrogen and oxygen atoms in total. The fourth-order valence-electron chi connectivity index (χ4n) is 7.25. The standard InChI is InChI=1S/C23H28N2O3S/c1-4-28-18(26)15-5-6-16-17(7-15)29-20(24-16)25-19(27)23-10-14-8-21(2,12-23)11-22(3,9-14)13-23/h5-7,14H,4,8-13H2,1-3H3,(H,24,25,27). The molecule has 1 aromatic carbocycles. The van der Waals surface area contributed by atoms with Gasteiger partial charge in [0.1, 0.15) is 0 Å². The minimum atomic E-state index is -0.330. The van der Waals surface area contributed by atoms with Crippen LogP contribution in [-0.4, -0.2) is 23.5 Å². The molecule has 154 valence electrons. The van der Waals surface area contributed by atoms with Crippen LogP contribution in [0.25, 0.3) is 10.2 Å². The zero-order chi connectivity index (χ0) is 20.4. The highest BCUT2D eigenvalue weighted by Crippen LogP contribution is 2.69. The van der Waals surface area contributed by atoms with Gasteiger partial charge in [-0.15, -0.1) is 0 Å². The summed E-state index contributed by atoms with van der Waals surface area (Å²) < 4.78 is 5.96. The topological polar surface area (TPSA) is 68.3 Å². The summed E-state index contributed by atoms with van der Waals surface area (Å²) in [6.07, 6.45) is 6.81. The number of anilines is 1. The van der Waals surface area contributed by atoms with Crippen molar-refractivity contribution in [2.24, 2.45) is 22.2 Å². The number of hydrogen-bond donors (Lipinski definition) is 1. The molecule has 6 heteroatoms. The van der Waals surface area contributed by atoms with Gasteiger partial charge in [-0.1, -0.05) is 25.2 Å². The molecule has 29 heavy (non-hydrogen) atoms. The Labute approximate surface area is 175 Å². The van der Waals surface area contributed by atoms with E-state index in [9.17, 15) is 9.59 Å². The average Bonchev–Trinajstić information content (AvgIpc) is 3.00. The Morgan fingerprint density at radius 1 is 1.17 bits per heavy atom. The first-order valence-corrected chi connectivity index (χ1v) is 11.4. The molecule has 0 saturated heterocycles. The molecule has 2 atom stereocenters. The first-order valence-electron chi connectivity index (χ1n) is 10.6. The molecule has 4 aliphatic rings. The Morgan fingerprint density at radius 2 is 1.90 bits per heavy atom. The third-order valence-corrected chi connectivity index (χ3v) is 8.16. The molecular weight excluding hydrogens is 384 g/mol. The number of rotatable bonds is 4. The first kappa shape index (κ1) is 19.0. The highest BCUT2D eigenvalue weighted by atomic mass is 32.1. The Balaban J connectivity index is 1.39. The minimum Gasteiger partial charge on any atom is -0.462 e. The van der Waals surface area contributed by atoms with Gasteiger partial charge in [0.05, 0.1) is 27.8 Å². The summed E-state index contributed by atoms with van der Waals surface area (Å²) in [5.41, 5.74) is 1.66. The summed E-state index contributed by atoms with van der Waals surface area (Å²) >= 11 is 1.43. The van der Waals surface area contributed by atoms with E-state index in [1.54, 1.807) is 19.1 Å². The van der Waals surface area contributed by atoms with E-state index in [-0.39, 0.29) is 17.3 Å². The highest BCUT2D eigenvalue weighted by molar-refractivity contribution is 7.22. The number of fused-ring (bicyclic) bond motifs is 1. The van der Waals surface area contributed by atoms with E-state index >= 15 is 0 Å². The van der Waals surface area contributed by atoms with Gasteiger partial charge in [-0.05, 0) is 80.4 Å². The van der Waals surface area contributed by atoms with Crippen LogP contribution >= 0.6 is 11.3 Å². The number of hydrogen-bond acceptors (Lipinski definition) is 5. The van der Waals surface area contributed by atoms with Gasteiger partial charge in [-0.3, -0.25) is 4.79 Å². The predicted molar refractivity (Wildman–Crippen MR) is 114 cm³/mol. The van der Waals surface area contributed by atoms with Crippen molar-refractivity contribution in [1.29, 1.82) is 0 Å². The van der Waals surface area contributed by atoms with Gasteiger partial charge in [0.15, 0.2) is 5.13 Å². The van der Waals surface area contributed by atoms with Crippen LogP contribution in [0.1, 0.15) is 69.7 Å². The largest absolute Gasteiger partial charge is 0.462 e. The molecule has 2 aromatic rings. The molecule has 1 heterocycles. The van der Waals surface area contributed by atoms with Gasteiger partial charge in [-0.25, -0.2) is 9.78 Å². The number of aromatic nitrogens is 1. The molecule has 6 rings (SSSR count). The number of nitrogens with zero attached hydrogens (tertiary/aromatic N) is 1. The van der Waals surface area contributed by atoms with Crippen molar-refractivity contribution >= 4 is 38.6 Å². The number of ether oxygens (including phenoxy) is 1. The highest BCUT2D eigenvalue weighted by Gasteiger charge is 2.62. The molecule has 1 amide bonds. The smallest absolute Gasteiger partial charge is 0.338 e. The van der Waals surface area contributed by atoms with Gasteiger partial charge in [0, 0.05) is 0 Å². The molecule has 0 spiro atoms. The molecule has 4 bridgehead atoms. The van der Waals surface area contributed by atoms with Crippen molar-refractivity contribution in [3.8, 4) is 0 Å². The van der Waals surface area contributed by atoms with Crippen molar-refractivity contribution in [3.63, 3.8) is 0 Å². The summed E-state index contributed by atoms with van der Waals surface area (Å²) in [4.78, 5) is 30.0. The van der Waals surface area contributed by atoms with Crippen molar-refractivity contribution in [1.82, 2.24) is 4.98 Å². The van der Waals surface area contributed by atoms with Crippen LogP contribution in [0.15, 0.2) is 18.2 Å². The predicted octanol–water partition coefficient (Wildman–Crippen LogP) is 5.41. The van der Waals surface area contributed by atoms with E-state index in [4.69, 9.17) is 4.74 Å². The number of thiazole rings is 1. The van der Waals surface area contributed by atoms with E-state index in [1.807, 2.05) is 6.07 Å². The molecule has 0 aliphatic heterocycles. The van der Waals surface area contributed by atoms with E-state index < -0.39 is 0 Å². The molecule has 4 saturated carbocycles. The molecule has 4 fully saturated rings. The van der Waals surface area contributed by atoms with Gasteiger partial charge < -0.3 is 10.1 Å². The quantitative estimate of drug-likeness (QED) is 0.682. The minimum absolute atomic E-state index is 0.142. The van der Waals surface area contributed by atoms with Gasteiger partial charge in [0.25, 0.3) is 0 Å². The normalized spacial score (nSPS) is 35.1. The fraction of sp³-hybridized carbons (Fsp3) is 0.609. The Morgan fingerprint density at radius 3 is 2.55 bits per heavy atom. The summed E-state index contributed by atoms with van der Waals surface area (Å²) in [5.74, 6) is 0.488. The number of benzene rings is 1. The molecule has 1 aromatic heterocycles. The maximum atomic E-state index is 13.5. The summed E-state index contributed by atoms with van der Waals surface area (Å²) in [6.45, 7) is 6.91. The van der Waals surface area contributed by atoms with E-state index in [0.29, 0.717) is 34.0 Å². The van der Waals surface area contributed by atoms with Crippen LogP contribution in [0.4, 0.5) is 5.13 Å². The molecule has 2 unspecified atom stereocenters. The van der Waals surface area contributed by atoms with E-state index in [1.165, 1.54) is 30.6 Å². The number of esters is 1. The number of carbonyl (C=O) groups is 2. The van der Waals surface area contributed by atoms with Crippen LogP contribution < -0.4 is 5.32 Å². The van der Waals surface area contributed by atoms with Crippen molar-refractivity contribution in [2.75, 3.05) is 11.9 Å². The third-order valence-electron chi connectivity index (χ3n) is 7.23. The van der Waals surface area contributed by atoms with Crippen molar-refractivity contribution in [3.05, 3.63) is 23.8 Å². The Kier molecular flexibility index (Phi) is 4.12. The van der Waals surface area contributed by atoms with Crippen LogP contribution in [0.2, 0.25) is 0 Å². The number of nitrogens with one attached hydrogen (secondary N) is 1. The van der Waals surface area contributed by atoms with E-state index in [2.05, 4.69) is 24.1 Å². The second-order valence-corrected chi connectivity index (χ2v) is 11.3. The van der Waals surface area contributed by atoms with Crippen LogP contribution in [-0.2, 0) is 9.53 Å². The first-order chi connectivity index (χ1) is 13.7. The zero-order valence-electron chi connectivity index (χ0n) is 17.3. The van der Waals surface area contributed by atoms with Gasteiger partial charge in [0.2, 0.25) is 5.91 Å². The lowest BCUT2D eigenvalue weighted by atomic mass is 9.40. The van der Waals surface area contributed by atoms with Crippen LogP contribution in [0.3, 0.4) is 0 Å². The van der Waals surface area contributed by atoms with Crippen LogP contribution in [0.5, 0.6) is 0 Å². The fourth-order valence-corrected chi connectivity index (χ4v) is 8.15. The second-order valence-electron chi connectivity index (χ2n) is 10.3. The number of carbonyl (C=O) groups excluding carboxylic acids is 2. The number of amides is 1. The summed E-state index contributed by atoms with van der Waals surface area (Å²) in [6, 6.07) is 5.35. The molecular formula is C23H28N2O3S. The maximum absolute atomic E-state index is 13.5. The lowest BCUT2D eigenvalue weighted by Crippen LogP contribution is -2.58. The molecule has 4 aliphatic carbocycles. The lowest BCUT2D eigenvalue weighted by molar-refractivity contribution is -0.165. The Hall–Kier alpha value is -1.95. The SMILES string of the molecule is CCOC(=O)c1ccc2nc(NC(=O)C34CC5CC(C)(CC(C)(C5)C3)C4)sc2c1. The molecule has 0 radical (unpaired) electrons. The van der Waals surface area contributed by atoms with Gasteiger partial charge >= 0.3 is 5.97 Å². The maximum Gasteiger partial charge on any atom is 0.338 e.